The van der Waals surface area contributed by atoms with E-state index in [1.54, 1.807) is 30.5 Å². The summed E-state index contributed by atoms with van der Waals surface area (Å²) in [6, 6.07) is 12.2. The number of aliphatic hydroxyl groups excluding tert-OH is 1. The Bertz CT molecular complexity index is 1080. The van der Waals surface area contributed by atoms with E-state index in [1.165, 1.54) is 42.2 Å². The van der Waals surface area contributed by atoms with Crippen LogP contribution in [0.4, 0.5) is 20.3 Å². The standard InChI is InChI=1S/C21H18F2N4O4S/c22-21(23)31-15-5-3-14(4-6-15)26-19(30)16-2-1-8-25-20(16)32-12-13-7-9-24-17(10-13)27-18(29)11-28/h1-10,21,28H,11-12H2,(H,26,30)(H,24,27,29). The lowest BCUT2D eigenvalue weighted by molar-refractivity contribution is -0.118. The van der Waals surface area contributed by atoms with Gasteiger partial charge in [-0.2, -0.15) is 8.78 Å². The van der Waals surface area contributed by atoms with Gasteiger partial charge in [0.05, 0.1) is 5.56 Å². The maximum atomic E-state index is 12.7. The van der Waals surface area contributed by atoms with Crippen molar-refractivity contribution in [2.75, 3.05) is 17.2 Å². The summed E-state index contributed by atoms with van der Waals surface area (Å²) in [5, 5.41) is 14.5. The van der Waals surface area contributed by atoms with Crippen molar-refractivity contribution < 1.29 is 28.2 Å². The minimum absolute atomic E-state index is 0.0116. The summed E-state index contributed by atoms with van der Waals surface area (Å²) in [7, 11) is 0. The topological polar surface area (TPSA) is 113 Å². The van der Waals surface area contributed by atoms with Crippen LogP contribution >= 0.6 is 11.8 Å². The first-order valence-corrected chi connectivity index (χ1v) is 10.2. The molecule has 3 N–H and O–H groups in total. The van der Waals surface area contributed by atoms with Gasteiger partial charge in [0.25, 0.3) is 11.8 Å². The van der Waals surface area contributed by atoms with Gasteiger partial charge in [-0.25, -0.2) is 9.97 Å². The lowest BCUT2D eigenvalue weighted by atomic mass is 10.2. The van der Waals surface area contributed by atoms with Gasteiger partial charge in [-0.15, -0.1) is 11.8 Å². The molecular formula is C21H18F2N4O4S. The van der Waals surface area contributed by atoms with Crippen molar-refractivity contribution in [2.24, 2.45) is 0 Å². The largest absolute Gasteiger partial charge is 0.435 e. The number of hydrogen-bond acceptors (Lipinski definition) is 7. The number of thioether (sulfide) groups is 1. The van der Waals surface area contributed by atoms with Crippen LogP contribution < -0.4 is 15.4 Å². The van der Waals surface area contributed by atoms with Gasteiger partial charge in [-0.1, -0.05) is 0 Å². The van der Waals surface area contributed by atoms with Gasteiger partial charge < -0.3 is 20.5 Å². The Labute approximate surface area is 186 Å². The Morgan fingerprint density at radius 1 is 1.06 bits per heavy atom. The van der Waals surface area contributed by atoms with E-state index in [2.05, 4.69) is 25.3 Å². The van der Waals surface area contributed by atoms with E-state index < -0.39 is 25.0 Å². The second-order valence-electron chi connectivity index (χ2n) is 6.26. The summed E-state index contributed by atoms with van der Waals surface area (Å²) in [6.07, 6.45) is 3.09. The monoisotopic (exact) mass is 460 g/mol. The maximum Gasteiger partial charge on any atom is 0.387 e. The lowest BCUT2D eigenvalue weighted by Gasteiger charge is -2.10. The second kappa shape index (κ2) is 11.2. The fourth-order valence-electron chi connectivity index (χ4n) is 2.56. The normalized spacial score (nSPS) is 10.6. The van der Waals surface area contributed by atoms with Gasteiger partial charge in [0.15, 0.2) is 0 Å². The van der Waals surface area contributed by atoms with Gasteiger partial charge in [0, 0.05) is 23.8 Å². The Hall–Kier alpha value is -3.57. The van der Waals surface area contributed by atoms with E-state index in [9.17, 15) is 18.4 Å². The number of nitrogens with one attached hydrogen (secondary N) is 2. The number of carbonyl (C=O) groups excluding carboxylic acids is 2. The van der Waals surface area contributed by atoms with E-state index in [0.717, 1.165) is 5.56 Å². The highest BCUT2D eigenvalue weighted by atomic mass is 32.2. The minimum atomic E-state index is -2.92. The van der Waals surface area contributed by atoms with Crippen LogP contribution in [0.3, 0.4) is 0 Å². The molecule has 1 aromatic carbocycles. The molecule has 0 spiro atoms. The van der Waals surface area contributed by atoms with Gasteiger partial charge in [-0.05, 0) is 54.1 Å². The van der Waals surface area contributed by atoms with Crippen LogP contribution in [0, 0.1) is 0 Å². The number of anilines is 2. The summed E-state index contributed by atoms with van der Waals surface area (Å²) in [6.45, 7) is -3.57. The zero-order chi connectivity index (χ0) is 22.9. The van der Waals surface area contributed by atoms with Crippen LogP contribution in [0.15, 0.2) is 66.0 Å². The molecule has 0 bridgehead atoms. The molecule has 0 aliphatic carbocycles. The van der Waals surface area contributed by atoms with Crippen LogP contribution in [0.1, 0.15) is 15.9 Å². The summed E-state index contributed by atoms with van der Waals surface area (Å²) in [4.78, 5) is 32.3. The fraction of sp³-hybridized carbons (Fsp3) is 0.143. The van der Waals surface area contributed by atoms with Gasteiger partial charge in [-0.3, -0.25) is 9.59 Å². The van der Waals surface area contributed by atoms with Gasteiger partial charge in [0.1, 0.15) is 23.2 Å². The predicted octanol–water partition coefficient (Wildman–Crippen LogP) is 3.55. The smallest absolute Gasteiger partial charge is 0.387 e. The van der Waals surface area contributed by atoms with Crippen molar-refractivity contribution in [2.45, 2.75) is 17.4 Å². The number of hydrogen-bond donors (Lipinski definition) is 3. The van der Waals surface area contributed by atoms with Crippen molar-refractivity contribution in [1.29, 1.82) is 0 Å². The SMILES string of the molecule is O=C(CO)Nc1cc(CSc2ncccc2C(=O)Nc2ccc(OC(F)F)cc2)ccn1. The molecule has 0 unspecified atom stereocenters. The first kappa shape index (κ1) is 23.1. The molecule has 8 nitrogen and oxygen atoms in total. The molecule has 0 aliphatic heterocycles. The third-order valence-corrected chi connectivity index (χ3v) is 5.04. The molecule has 32 heavy (non-hydrogen) atoms. The summed E-state index contributed by atoms with van der Waals surface area (Å²) in [5.41, 5.74) is 1.58. The first-order chi connectivity index (χ1) is 15.4. The van der Waals surface area contributed by atoms with E-state index >= 15 is 0 Å². The third-order valence-electron chi connectivity index (χ3n) is 3.96. The highest BCUT2D eigenvalue weighted by Crippen LogP contribution is 2.26. The number of carbonyl (C=O) groups is 2. The van der Waals surface area contributed by atoms with E-state index in [0.29, 0.717) is 27.8 Å². The molecule has 0 atom stereocenters. The maximum absolute atomic E-state index is 12.7. The number of amides is 2. The first-order valence-electron chi connectivity index (χ1n) is 9.24. The number of benzene rings is 1. The van der Waals surface area contributed by atoms with Crippen LogP contribution in [-0.2, 0) is 10.5 Å². The number of aromatic nitrogens is 2. The Morgan fingerprint density at radius 3 is 2.56 bits per heavy atom. The molecule has 0 saturated heterocycles. The Balaban J connectivity index is 1.66. The van der Waals surface area contributed by atoms with E-state index in [4.69, 9.17) is 5.11 Å². The van der Waals surface area contributed by atoms with Crippen LogP contribution in [0.5, 0.6) is 5.75 Å². The summed E-state index contributed by atoms with van der Waals surface area (Å²) >= 11 is 1.32. The number of rotatable bonds is 9. The minimum Gasteiger partial charge on any atom is -0.435 e. The average Bonchev–Trinajstić information content (AvgIpc) is 2.79. The fourth-order valence-corrected chi connectivity index (χ4v) is 3.50. The zero-order valence-corrected chi connectivity index (χ0v) is 17.3. The number of halogens is 2. The van der Waals surface area contributed by atoms with Crippen molar-refractivity contribution in [3.63, 3.8) is 0 Å². The predicted molar refractivity (Wildman–Crippen MR) is 115 cm³/mol. The van der Waals surface area contributed by atoms with Crippen molar-refractivity contribution in [3.8, 4) is 5.75 Å². The zero-order valence-electron chi connectivity index (χ0n) is 16.5. The van der Waals surface area contributed by atoms with Crippen molar-refractivity contribution in [1.82, 2.24) is 9.97 Å². The highest BCUT2D eigenvalue weighted by Gasteiger charge is 2.14. The van der Waals surface area contributed by atoms with Crippen LogP contribution in [0.2, 0.25) is 0 Å². The molecule has 0 radical (unpaired) electrons. The molecular weight excluding hydrogens is 442 g/mol. The second-order valence-corrected chi connectivity index (χ2v) is 7.22. The number of aliphatic hydroxyl groups is 1. The molecule has 3 rings (SSSR count). The Morgan fingerprint density at radius 2 is 1.84 bits per heavy atom. The number of nitrogens with zero attached hydrogens (tertiary/aromatic N) is 2. The van der Waals surface area contributed by atoms with Gasteiger partial charge in [0.2, 0.25) is 0 Å². The molecule has 2 aromatic heterocycles. The quantitative estimate of drug-likeness (QED) is 0.419. The summed E-state index contributed by atoms with van der Waals surface area (Å²) in [5.74, 6) is -0.238. The molecule has 11 heteroatoms. The third kappa shape index (κ3) is 6.72. The number of ether oxygens (including phenoxy) is 1. The number of alkyl halides is 2. The molecule has 2 heterocycles. The van der Waals surface area contributed by atoms with E-state index in [1.807, 2.05) is 0 Å². The molecule has 0 aliphatic rings. The lowest BCUT2D eigenvalue weighted by Crippen LogP contribution is -2.16. The molecule has 166 valence electrons. The van der Waals surface area contributed by atoms with Crippen molar-refractivity contribution >= 4 is 35.1 Å². The van der Waals surface area contributed by atoms with E-state index in [-0.39, 0.29) is 5.75 Å². The summed E-state index contributed by atoms with van der Waals surface area (Å²) < 4.78 is 28.8. The highest BCUT2D eigenvalue weighted by molar-refractivity contribution is 7.98. The Kier molecular flexibility index (Phi) is 8.06. The molecule has 0 saturated carbocycles. The van der Waals surface area contributed by atoms with Crippen LogP contribution in [0.25, 0.3) is 0 Å². The molecule has 2 amide bonds. The van der Waals surface area contributed by atoms with Gasteiger partial charge >= 0.3 is 6.61 Å². The average molecular weight is 460 g/mol. The number of pyridine rings is 2. The molecule has 0 fully saturated rings. The molecule has 3 aromatic rings. The van der Waals surface area contributed by atoms with Crippen LogP contribution in [-0.4, -0.2) is 40.1 Å². The van der Waals surface area contributed by atoms with Crippen molar-refractivity contribution in [3.05, 3.63) is 72.1 Å².